The van der Waals surface area contributed by atoms with Crippen molar-refractivity contribution in [2.75, 3.05) is 6.54 Å². The highest BCUT2D eigenvalue weighted by Gasteiger charge is 2.23. The zero-order valence-corrected chi connectivity index (χ0v) is 16.0. The van der Waals surface area contributed by atoms with Gasteiger partial charge in [-0.2, -0.15) is 5.54 Å². The molecule has 0 spiro atoms. The molecule has 1 aromatic carbocycles. The van der Waals surface area contributed by atoms with Crippen molar-refractivity contribution >= 4 is 30.1 Å². The number of nitrogens with two attached hydrogens (primary N) is 1. The maximum atomic E-state index is 12.5. The molecule has 9 heteroatoms. The smallest absolute Gasteiger partial charge is 0.279 e. The first-order valence-corrected chi connectivity index (χ1v) is 8.70. The summed E-state index contributed by atoms with van der Waals surface area (Å²) in [5.41, 5.74) is 13.4. The van der Waals surface area contributed by atoms with Gasteiger partial charge in [-0.25, -0.2) is 9.98 Å². The Morgan fingerprint density at radius 1 is 1.46 bits per heavy atom. The zero-order valence-electron chi connectivity index (χ0n) is 16.0. The Labute approximate surface area is 162 Å². The summed E-state index contributed by atoms with van der Waals surface area (Å²) in [5.74, 6) is -0.471. The van der Waals surface area contributed by atoms with Crippen molar-refractivity contribution in [2.45, 2.75) is 27.2 Å². The first-order valence-electron chi connectivity index (χ1n) is 8.70. The molecule has 0 aliphatic carbocycles. The topological polar surface area (TPSA) is 112 Å². The summed E-state index contributed by atoms with van der Waals surface area (Å²) >= 11 is 0. The molecular weight excluding hydrogens is 363 g/mol. The van der Waals surface area contributed by atoms with Gasteiger partial charge in [0.1, 0.15) is 18.3 Å². The van der Waals surface area contributed by atoms with Gasteiger partial charge in [0.15, 0.2) is 5.84 Å². The molecular formula is C19H23FN6O2. The van der Waals surface area contributed by atoms with E-state index in [1.165, 1.54) is 24.5 Å². The molecule has 1 aliphatic heterocycles. The quantitative estimate of drug-likeness (QED) is 0.394. The fourth-order valence-corrected chi connectivity index (χ4v) is 2.58. The van der Waals surface area contributed by atoms with E-state index in [2.05, 4.69) is 15.4 Å². The highest BCUT2D eigenvalue weighted by Crippen LogP contribution is 2.26. The lowest BCUT2D eigenvalue weighted by molar-refractivity contribution is -0.104. The second-order valence-electron chi connectivity index (χ2n) is 6.06. The Balaban J connectivity index is 2.61. The number of aldehydes is 1. The third-order valence-electron chi connectivity index (χ3n) is 4.28. The molecule has 4 N–H and O–H groups in total. The van der Waals surface area contributed by atoms with Gasteiger partial charge in [0.25, 0.3) is 5.91 Å². The Morgan fingerprint density at radius 2 is 2.21 bits per heavy atom. The van der Waals surface area contributed by atoms with E-state index in [1.54, 1.807) is 11.1 Å². The van der Waals surface area contributed by atoms with Crippen LogP contribution in [0, 0.1) is 6.92 Å². The monoisotopic (exact) mass is 386 g/mol. The molecule has 148 valence electrons. The van der Waals surface area contributed by atoms with Gasteiger partial charge in [-0.05, 0) is 43.5 Å². The molecule has 0 aromatic heterocycles. The lowest BCUT2D eigenvalue weighted by Gasteiger charge is -2.32. The molecule has 0 saturated carbocycles. The molecule has 0 bridgehead atoms. The molecule has 1 heterocycles. The van der Waals surface area contributed by atoms with Crippen LogP contribution in [0.1, 0.15) is 36.2 Å². The third kappa shape index (κ3) is 4.49. The van der Waals surface area contributed by atoms with Crippen molar-refractivity contribution in [1.82, 2.24) is 16.0 Å². The number of benzene rings is 1. The molecule has 1 aliphatic rings. The average molecular weight is 386 g/mol. The maximum absolute atomic E-state index is 12.5. The zero-order chi connectivity index (χ0) is 20.7. The lowest BCUT2D eigenvalue weighted by Crippen LogP contribution is -2.44. The fraction of sp³-hybridized carbons (Fsp3) is 0.263. The Morgan fingerprint density at radius 3 is 2.82 bits per heavy atom. The number of rotatable bonds is 6. The van der Waals surface area contributed by atoms with Gasteiger partial charge in [0.05, 0.1) is 11.4 Å². The SMILES string of the molecule is CC/C(C)=C1/C(=Nc2cc(C(=O)NF)ccc2C)N=CNN1/C(=C/C=O)CN. The molecule has 1 amide bonds. The Kier molecular flexibility index (Phi) is 7.16. The first kappa shape index (κ1) is 21.0. The van der Waals surface area contributed by atoms with Crippen LogP contribution in [0.3, 0.4) is 0 Å². The number of amides is 1. The Bertz CT molecular complexity index is 888. The average Bonchev–Trinajstić information content (AvgIpc) is 2.72. The van der Waals surface area contributed by atoms with Gasteiger partial charge in [-0.15, -0.1) is 0 Å². The molecule has 8 nitrogen and oxygen atoms in total. The molecule has 1 aromatic rings. The summed E-state index contributed by atoms with van der Waals surface area (Å²) in [6.07, 6.45) is 4.18. The van der Waals surface area contributed by atoms with E-state index in [0.717, 1.165) is 16.7 Å². The summed E-state index contributed by atoms with van der Waals surface area (Å²) in [7, 11) is 0. The minimum absolute atomic E-state index is 0.124. The van der Waals surface area contributed by atoms with Gasteiger partial charge >= 0.3 is 0 Å². The lowest BCUT2D eigenvalue weighted by atomic mass is 10.1. The number of carbonyl (C=O) groups is 2. The number of aryl methyl sites for hydroxylation is 1. The fourth-order valence-electron chi connectivity index (χ4n) is 2.58. The van der Waals surface area contributed by atoms with Crippen molar-refractivity contribution in [3.05, 3.63) is 52.4 Å². The maximum Gasteiger partial charge on any atom is 0.279 e. The van der Waals surface area contributed by atoms with E-state index < -0.39 is 5.91 Å². The number of carbonyl (C=O) groups excluding carboxylic acids is 2. The van der Waals surface area contributed by atoms with Crippen LogP contribution in [0.25, 0.3) is 0 Å². The predicted octanol–water partition coefficient (Wildman–Crippen LogP) is 2.21. The van der Waals surface area contributed by atoms with Crippen LogP contribution in [-0.4, -0.2) is 35.9 Å². The third-order valence-corrected chi connectivity index (χ3v) is 4.28. The molecule has 28 heavy (non-hydrogen) atoms. The number of hydrazine groups is 1. The van der Waals surface area contributed by atoms with Crippen molar-refractivity contribution in [3.63, 3.8) is 0 Å². The normalized spacial score (nSPS) is 17.4. The first-order chi connectivity index (χ1) is 13.5. The molecule has 0 radical (unpaired) electrons. The van der Waals surface area contributed by atoms with Gasteiger partial charge in [-0.3, -0.25) is 20.0 Å². The number of nitrogens with one attached hydrogen (secondary N) is 2. The number of aliphatic imine (C=N–C) groups is 2. The van der Waals surface area contributed by atoms with Crippen LogP contribution in [0.5, 0.6) is 0 Å². The van der Waals surface area contributed by atoms with Crippen molar-refractivity contribution in [3.8, 4) is 0 Å². The van der Waals surface area contributed by atoms with E-state index in [-0.39, 0.29) is 12.1 Å². The van der Waals surface area contributed by atoms with E-state index in [9.17, 15) is 14.1 Å². The van der Waals surface area contributed by atoms with Crippen LogP contribution in [0.2, 0.25) is 0 Å². The number of amidine groups is 1. The molecule has 0 fully saturated rings. The van der Waals surface area contributed by atoms with Gasteiger partial charge < -0.3 is 5.73 Å². The highest BCUT2D eigenvalue weighted by molar-refractivity contribution is 6.06. The number of hydrogen-bond donors (Lipinski definition) is 3. The van der Waals surface area contributed by atoms with E-state index in [4.69, 9.17) is 5.73 Å². The van der Waals surface area contributed by atoms with Crippen LogP contribution < -0.4 is 16.7 Å². The summed E-state index contributed by atoms with van der Waals surface area (Å²) < 4.78 is 12.5. The van der Waals surface area contributed by atoms with Crippen molar-refractivity contribution in [1.29, 1.82) is 0 Å². The standard InChI is InChI=1S/C19H23FN6O2/c1-4-12(2)17-18(22-11-23-26(17)15(10-21)7-8-27)24-16-9-14(19(28)25-20)6-5-13(16)3/h5-9,11H,4,10,21H2,1-3H3,(H,25,28)(H,22,23,24)/b15-7+,17-12-. The van der Waals surface area contributed by atoms with E-state index in [0.29, 0.717) is 35.6 Å². The van der Waals surface area contributed by atoms with Gasteiger partial charge in [-0.1, -0.05) is 17.5 Å². The minimum atomic E-state index is -0.850. The van der Waals surface area contributed by atoms with E-state index in [1.807, 2.05) is 20.8 Å². The summed E-state index contributed by atoms with van der Waals surface area (Å²) in [5, 5.41) is 1.66. The predicted molar refractivity (Wildman–Crippen MR) is 107 cm³/mol. The van der Waals surface area contributed by atoms with Crippen LogP contribution in [0.15, 0.2) is 51.2 Å². The summed E-state index contributed by atoms with van der Waals surface area (Å²) in [4.78, 5) is 31.5. The second-order valence-corrected chi connectivity index (χ2v) is 6.06. The van der Waals surface area contributed by atoms with Gasteiger partial charge in [0, 0.05) is 18.2 Å². The summed E-state index contributed by atoms with van der Waals surface area (Å²) in [6, 6.07) is 4.68. The van der Waals surface area contributed by atoms with Gasteiger partial charge in [0.2, 0.25) is 0 Å². The molecule has 0 unspecified atom stereocenters. The van der Waals surface area contributed by atoms with Crippen LogP contribution in [-0.2, 0) is 4.79 Å². The van der Waals surface area contributed by atoms with Crippen molar-refractivity contribution in [2.24, 2.45) is 15.7 Å². The second kappa shape index (κ2) is 9.56. The molecule has 2 rings (SSSR count). The van der Waals surface area contributed by atoms with E-state index >= 15 is 0 Å². The summed E-state index contributed by atoms with van der Waals surface area (Å²) in [6.45, 7) is 5.86. The van der Waals surface area contributed by atoms with Crippen molar-refractivity contribution < 1.29 is 14.1 Å². The minimum Gasteiger partial charge on any atom is -0.325 e. The Hall–Kier alpha value is -3.33. The highest BCUT2D eigenvalue weighted by atomic mass is 19.2. The molecule has 0 atom stereocenters. The number of hydrogen-bond acceptors (Lipinski definition) is 6. The van der Waals surface area contributed by atoms with Crippen LogP contribution >= 0.6 is 0 Å². The molecule has 0 saturated heterocycles. The van der Waals surface area contributed by atoms with Crippen LogP contribution in [0.4, 0.5) is 10.2 Å². The number of allylic oxidation sites excluding steroid dienone is 2. The number of nitrogens with zero attached hydrogens (tertiary/aromatic N) is 3. The number of halogens is 1. The largest absolute Gasteiger partial charge is 0.325 e.